The van der Waals surface area contributed by atoms with Crippen LogP contribution in [0.15, 0.2) is 48.8 Å². The average molecular weight is 455 g/mol. The predicted octanol–water partition coefficient (Wildman–Crippen LogP) is 3.18. The first-order chi connectivity index (χ1) is 13.7. The molecule has 164 valence electrons. The van der Waals surface area contributed by atoms with Gasteiger partial charge in [-0.1, -0.05) is 0 Å². The number of piperidine rings is 1. The Morgan fingerprint density at radius 3 is 2.57 bits per heavy atom. The molecule has 2 amide bonds. The van der Waals surface area contributed by atoms with E-state index in [0.717, 1.165) is 19.3 Å². The van der Waals surface area contributed by atoms with Gasteiger partial charge >= 0.3 is 0 Å². The molecule has 1 unspecified atom stereocenters. The minimum absolute atomic E-state index is 0. The molecule has 0 bridgehead atoms. The van der Waals surface area contributed by atoms with Crippen molar-refractivity contribution < 1.29 is 14.3 Å². The maximum atomic E-state index is 13.0. The van der Waals surface area contributed by atoms with Gasteiger partial charge in [0.1, 0.15) is 11.5 Å². The summed E-state index contributed by atoms with van der Waals surface area (Å²) >= 11 is 0. The maximum Gasteiger partial charge on any atom is 0.254 e. The lowest BCUT2D eigenvalue weighted by Gasteiger charge is -2.36. The number of rotatable bonds is 7. The second-order valence-electron chi connectivity index (χ2n) is 6.81. The van der Waals surface area contributed by atoms with Crippen LogP contribution in [0.2, 0.25) is 0 Å². The van der Waals surface area contributed by atoms with Gasteiger partial charge in [0.05, 0.1) is 6.20 Å². The summed E-state index contributed by atoms with van der Waals surface area (Å²) in [7, 11) is 0. The van der Waals surface area contributed by atoms with Gasteiger partial charge in [0.25, 0.3) is 5.91 Å². The van der Waals surface area contributed by atoms with Crippen molar-refractivity contribution in [2.24, 2.45) is 5.73 Å². The molecule has 3 rings (SSSR count). The van der Waals surface area contributed by atoms with Crippen molar-refractivity contribution in [3.63, 3.8) is 0 Å². The van der Waals surface area contributed by atoms with Crippen LogP contribution < -0.4 is 15.8 Å². The van der Waals surface area contributed by atoms with E-state index in [1.54, 1.807) is 42.7 Å². The number of aromatic nitrogens is 1. The molecule has 1 aliphatic heterocycles. The Labute approximate surface area is 189 Å². The highest BCUT2D eigenvalue weighted by molar-refractivity contribution is 5.94. The minimum atomic E-state index is -0.0719. The number of pyridine rings is 1. The fourth-order valence-electron chi connectivity index (χ4n) is 3.31. The summed E-state index contributed by atoms with van der Waals surface area (Å²) in [6.45, 7) is 1.49. The number of amides is 2. The average Bonchev–Trinajstić information content (AvgIpc) is 2.73. The van der Waals surface area contributed by atoms with Crippen LogP contribution in [0.4, 0.5) is 0 Å². The van der Waals surface area contributed by atoms with Crippen molar-refractivity contribution in [2.45, 2.75) is 31.7 Å². The Bertz CT molecular complexity index is 791. The number of likely N-dealkylation sites (tertiary alicyclic amines) is 1. The summed E-state index contributed by atoms with van der Waals surface area (Å²) in [5.41, 5.74) is 6.02. The van der Waals surface area contributed by atoms with Gasteiger partial charge in [-0.05, 0) is 55.7 Å². The largest absolute Gasteiger partial charge is 0.456 e. The number of nitrogens with one attached hydrogen (secondary N) is 1. The second kappa shape index (κ2) is 13.1. The van der Waals surface area contributed by atoms with Gasteiger partial charge in [0.2, 0.25) is 5.91 Å². The van der Waals surface area contributed by atoms with Crippen LogP contribution in [0, 0.1) is 0 Å². The fourth-order valence-corrected chi connectivity index (χ4v) is 3.31. The Hall–Kier alpha value is -2.35. The molecule has 1 aliphatic rings. The van der Waals surface area contributed by atoms with Crippen LogP contribution >= 0.6 is 24.8 Å². The fraction of sp³-hybridized carbons (Fsp3) is 0.381. The van der Waals surface area contributed by atoms with Crippen molar-refractivity contribution in [1.82, 2.24) is 15.2 Å². The summed E-state index contributed by atoms with van der Waals surface area (Å²) < 4.78 is 5.72. The van der Waals surface area contributed by atoms with Crippen molar-refractivity contribution >= 4 is 36.6 Å². The topological polar surface area (TPSA) is 97.6 Å². The van der Waals surface area contributed by atoms with Crippen molar-refractivity contribution in [1.29, 1.82) is 0 Å². The van der Waals surface area contributed by atoms with Crippen LogP contribution in [0.3, 0.4) is 0 Å². The molecule has 0 spiro atoms. The Kier molecular flexibility index (Phi) is 11.2. The first-order valence-corrected chi connectivity index (χ1v) is 9.63. The number of hydrogen-bond donors (Lipinski definition) is 2. The molecule has 1 aromatic heterocycles. The zero-order valence-corrected chi connectivity index (χ0v) is 18.3. The first-order valence-electron chi connectivity index (χ1n) is 9.63. The number of carbonyl (C=O) groups is 2. The number of carbonyl (C=O) groups excluding carboxylic acids is 2. The number of hydrogen-bond acceptors (Lipinski definition) is 5. The summed E-state index contributed by atoms with van der Waals surface area (Å²) in [5, 5.41) is 2.89. The van der Waals surface area contributed by atoms with Crippen LogP contribution in [-0.4, -0.2) is 47.4 Å². The van der Waals surface area contributed by atoms with Gasteiger partial charge in [-0.2, -0.15) is 0 Å². The molecule has 0 aliphatic carbocycles. The quantitative estimate of drug-likeness (QED) is 0.669. The van der Waals surface area contributed by atoms with E-state index in [-0.39, 0.29) is 42.7 Å². The standard InChI is InChI=1S/C21H26N4O3.2ClH/c22-11-10-20(26)24-14-17-4-1-2-13-25(17)21(27)16-6-8-18(9-7-16)28-19-5-3-12-23-15-19;;/h3,5-9,12,15,17H,1-2,4,10-11,13-14,22H2,(H,24,26);2*1H. The van der Waals surface area contributed by atoms with Crippen LogP contribution in [-0.2, 0) is 4.79 Å². The van der Waals surface area contributed by atoms with Crippen LogP contribution in [0.5, 0.6) is 11.5 Å². The predicted molar refractivity (Wildman–Crippen MR) is 121 cm³/mol. The highest BCUT2D eigenvalue weighted by atomic mass is 35.5. The monoisotopic (exact) mass is 454 g/mol. The summed E-state index contributed by atoms with van der Waals surface area (Å²) in [4.78, 5) is 30.6. The Balaban J connectivity index is 0.00000225. The Morgan fingerprint density at radius 1 is 1.13 bits per heavy atom. The molecule has 2 aromatic rings. The van der Waals surface area contributed by atoms with E-state index in [9.17, 15) is 9.59 Å². The van der Waals surface area contributed by atoms with Gasteiger partial charge in [-0.3, -0.25) is 14.6 Å². The summed E-state index contributed by atoms with van der Waals surface area (Å²) in [5.74, 6) is 1.20. The van der Waals surface area contributed by atoms with E-state index >= 15 is 0 Å². The number of nitrogens with two attached hydrogens (primary N) is 1. The van der Waals surface area contributed by atoms with E-state index < -0.39 is 0 Å². The molecule has 0 saturated carbocycles. The summed E-state index contributed by atoms with van der Waals surface area (Å²) in [6, 6.07) is 10.7. The van der Waals surface area contributed by atoms with Gasteiger partial charge in [0, 0.05) is 43.9 Å². The molecule has 2 heterocycles. The van der Waals surface area contributed by atoms with Gasteiger partial charge < -0.3 is 20.7 Å². The molecular weight excluding hydrogens is 427 g/mol. The number of halogens is 2. The lowest BCUT2D eigenvalue weighted by atomic mass is 10.0. The van der Waals surface area contributed by atoms with Crippen molar-refractivity contribution in [2.75, 3.05) is 19.6 Å². The van der Waals surface area contributed by atoms with E-state index in [0.29, 0.717) is 43.1 Å². The molecule has 9 heteroatoms. The van der Waals surface area contributed by atoms with E-state index in [4.69, 9.17) is 10.5 Å². The molecule has 1 saturated heterocycles. The minimum Gasteiger partial charge on any atom is -0.456 e. The normalized spacial score (nSPS) is 15.4. The van der Waals surface area contributed by atoms with Gasteiger partial charge in [0.15, 0.2) is 0 Å². The third-order valence-corrected chi connectivity index (χ3v) is 4.77. The SMILES string of the molecule is Cl.Cl.NCCC(=O)NCC1CCCCN1C(=O)c1ccc(Oc2cccnc2)cc1. The molecule has 7 nitrogen and oxygen atoms in total. The lowest BCUT2D eigenvalue weighted by Crippen LogP contribution is -2.49. The second-order valence-corrected chi connectivity index (χ2v) is 6.81. The van der Waals surface area contributed by atoms with E-state index in [2.05, 4.69) is 10.3 Å². The highest BCUT2D eigenvalue weighted by Crippen LogP contribution is 2.23. The van der Waals surface area contributed by atoms with Crippen molar-refractivity contribution in [3.05, 3.63) is 54.4 Å². The molecule has 1 fully saturated rings. The number of ether oxygens (including phenoxy) is 1. The third-order valence-electron chi connectivity index (χ3n) is 4.77. The van der Waals surface area contributed by atoms with E-state index in [1.807, 2.05) is 11.0 Å². The maximum absolute atomic E-state index is 13.0. The van der Waals surface area contributed by atoms with Crippen LogP contribution in [0.1, 0.15) is 36.0 Å². The molecule has 1 atom stereocenters. The molecule has 1 aromatic carbocycles. The first kappa shape index (κ1) is 25.7. The third kappa shape index (κ3) is 7.16. The number of nitrogens with zero attached hydrogens (tertiary/aromatic N) is 2. The molecule has 30 heavy (non-hydrogen) atoms. The highest BCUT2D eigenvalue weighted by Gasteiger charge is 2.27. The van der Waals surface area contributed by atoms with Crippen LogP contribution in [0.25, 0.3) is 0 Å². The molecular formula is C21H28Cl2N4O3. The van der Waals surface area contributed by atoms with Crippen molar-refractivity contribution in [3.8, 4) is 11.5 Å². The smallest absolute Gasteiger partial charge is 0.254 e. The zero-order chi connectivity index (χ0) is 19.8. The number of benzene rings is 1. The molecule has 3 N–H and O–H groups in total. The Morgan fingerprint density at radius 2 is 1.90 bits per heavy atom. The summed E-state index contributed by atoms with van der Waals surface area (Å²) in [6.07, 6.45) is 6.54. The van der Waals surface area contributed by atoms with E-state index in [1.165, 1.54) is 0 Å². The van der Waals surface area contributed by atoms with Gasteiger partial charge in [-0.25, -0.2) is 0 Å². The zero-order valence-electron chi connectivity index (χ0n) is 16.7. The lowest BCUT2D eigenvalue weighted by molar-refractivity contribution is -0.121. The molecule has 0 radical (unpaired) electrons. The van der Waals surface area contributed by atoms with Gasteiger partial charge in [-0.15, -0.1) is 24.8 Å².